The first-order valence-electron chi connectivity index (χ1n) is 6.31. The third-order valence-electron chi connectivity index (χ3n) is 3.06. The summed E-state index contributed by atoms with van der Waals surface area (Å²) in [4.78, 5) is 26.5. The number of aryl methyl sites for hydroxylation is 1. The third-order valence-corrected chi connectivity index (χ3v) is 4.02. The molecular formula is C13H17IN2O2. The second-order valence-electron chi connectivity index (χ2n) is 4.74. The standard InChI is InChI=1S/C13H17IN2O2/c1-2-3-11-10(14)6-9(13(18)16-11)12(17)15-7-8-4-5-8/h6,8H,2-5,7H2,1H3,(H,15,17)(H,16,18). The average Bonchev–Trinajstić information content (AvgIpc) is 3.14. The molecule has 1 aliphatic carbocycles. The number of aromatic nitrogens is 1. The molecule has 1 aromatic heterocycles. The Balaban J connectivity index is 2.13. The topological polar surface area (TPSA) is 62.0 Å². The van der Waals surface area contributed by atoms with E-state index in [0.29, 0.717) is 12.5 Å². The van der Waals surface area contributed by atoms with Crippen LogP contribution in [-0.4, -0.2) is 17.4 Å². The zero-order valence-corrected chi connectivity index (χ0v) is 12.5. The maximum absolute atomic E-state index is 11.9. The Bertz CT molecular complexity index is 506. The van der Waals surface area contributed by atoms with Crippen molar-refractivity contribution in [3.05, 3.63) is 31.2 Å². The second-order valence-corrected chi connectivity index (χ2v) is 5.90. The van der Waals surface area contributed by atoms with Crippen LogP contribution < -0.4 is 10.9 Å². The number of nitrogens with one attached hydrogen (secondary N) is 2. The summed E-state index contributed by atoms with van der Waals surface area (Å²) in [6, 6.07) is 1.69. The number of carbonyl (C=O) groups is 1. The zero-order chi connectivity index (χ0) is 13.1. The molecular weight excluding hydrogens is 343 g/mol. The molecule has 0 aliphatic heterocycles. The fourth-order valence-corrected chi connectivity index (χ4v) is 2.51. The number of carbonyl (C=O) groups excluding carboxylic acids is 1. The van der Waals surface area contributed by atoms with E-state index in [1.165, 1.54) is 12.8 Å². The van der Waals surface area contributed by atoms with Gasteiger partial charge < -0.3 is 10.3 Å². The minimum atomic E-state index is -0.285. The van der Waals surface area contributed by atoms with E-state index in [2.05, 4.69) is 39.8 Å². The highest BCUT2D eigenvalue weighted by Gasteiger charge is 2.22. The van der Waals surface area contributed by atoms with Gasteiger partial charge in [-0.05, 0) is 53.8 Å². The smallest absolute Gasteiger partial charge is 0.261 e. The predicted molar refractivity (Wildman–Crippen MR) is 78.8 cm³/mol. The average molecular weight is 360 g/mol. The van der Waals surface area contributed by atoms with E-state index in [4.69, 9.17) is 0 Å². The molecule has 2 N–H and O–H groups in total. The van der Waals surface area contributed by atoms with Crippen molar-refractivity contribution in [1.29, 1.82) is 0 Å². The highest BCUT2D eigenvalue weighted by molar-refractivity contribution is 14.1. The number of hydrogen-bond donors (Lipinski definition) is 2. The van der Waals surface area contributed by atoms with Gasteiger partial charge in [0, 0.05) is 15.8 Å². The lowest BCUT2D eigenvalue weighted by Gasteiger charge is -2.07. The molecule has 0 atom stereocenters. The van der Waals surface area contributed by atoms with Gasteiger partial charge in [-0.25, -0.2) is 0 Å². The van der Waals surface area contributed by atoms with Crippen LogP contribution in [0.4, 0.5) is 0 Å². The molecule has 98 valence electrons. The zero-order valence-electron chi connectivity index (χ0n) is 10.4. The number of pyridine rings is 1. The van der Waals surface area contributed by atoms with E-state index in [0.717, 1.165) is 22.1 Å². The molecule has 0 bridgehead atoms. The maximum atomic E-state index is 11.9. The summed E-state index contributed by atoms with van der Waals surface area (Å²) in [5.74, 6) is 0.357. The molecule has 1 fully saturated rings. The number of hydrogen-bond acceptors (Lipinski definition) is 2. The van der Waals surface area contributed by atoms with Gasteiger partial charge in [0.1, 0.15) is 5.56 Å². The monoisotopic (exact) mass is 360 g/mol. The van der Waals surface area contributed by atoms with Gasteiger partial charge in [-0.15, -0.1) is 0 Å². The molecule has 1 heterocycles. The Kier molecular flexibility index (Phi) is 4.42. The fourth-order valence-electron chi connectivity index (χ4n) is 1.80. The molecule has 1 aliphatic rings. The summed E-state index contributed by atoms with van der Waals surface area (Å²) in [6.45, 7) is 2.75. The van der Waals surface area contributed by atoms with Crippen LogP contribution in [0.1, 0.15) is 42.2 Å². The lowest BCUT2D eigenvalue weighted by molar-refractivity contribution is 0.0950. The van der Waals surface area contributed by atoms with Crippen LogP contribution in [0.5, 0.6) is 0 Å². The summed E-state index contributed by atoms with van der Waals surface area (Å²) in [5, 5.41) is 2.82. The summed E-state index contributed by atoms with van der Waals surface area (Å²) in [6.07, 6.45) is 4.17. The van der Waals surface area contributed by atoms with Crippen molar-refractivity contribution in [3.8, 4) is 0 Å². The number of amides is 1. The SMILES string of the molecule is CCCc1[nH]c(=O)c(C(=O)NCC2CC2)cc1I. The molecule has 1 saturated carbocycles. The van der Waals surface area contributed by atoms with Crippen molar-refractivity contribution in [2.45, 2.75) is 32.6 Å². The van der Waals surface area contributed by atoms with Gasteiger partial charge in [0.25, 0.3) is 11.5 Å². The Labute approximate surface area is 120 Å². The van der Waals surface area contributed by atoms with Crippen molar-refractivity contribution >= 4 is 28.5 Å². The molecule has 1 aromatic rings. The first-order valence-corrected chi connectivity index (χ1v) is 7.39. The van der Waals surface area contributed by atoms with Gasteiger partial charge >= 0.3 is 0 Å². The van der Waals surface area contributed by atoms with Crippen molar-refractivity contribution < 1.29 is 4.79 Å². The normalized spacial score (nSPS) is 14.6. The lowest BCUT2D eigenvalue weighted by atomic mass is 10.2. The minimum absolute atomic E-state index is 0.222. The quantitative estimate of drug-likeness (QED) is 0.790. The second kappa shape index (κ2) is 5.86. The van der Waals surface area contributed by atoms with Crippen molar-refractivity contribution in [3.63, 3.8) is 0 Å². The van der Waals surface area contributed by atoms with E-state index in [1.54, 1.807) is 6.07 Å². The molecule has 2 rings (SSSR count). The van der Waals surface area contributed by atoms with E-state index in [1.807, 2.05) is 0 Å². The number of aromatic amines is 1. The van der Waals surface area contributed by atoms with Crippen molar-refractivity contribution in [2.75, 3.05) is 6.54 Å². The van der Waals surface area contributed by atoms with Gasteiger partial charge in [-0.3, -0.25) is 9.59 Å². The number of halogens is 1. The summed E-state index contributed by atoms with van der Waals surface area (Å²) >= 11 is 2.16. The Morgan fingerprint density at radius 1 is 1.56 bits per heavy atom. The van der Waals surface area contributed by atoms with Crippen LogP contribution >= 0.6 is 22.6 Å². The van der Waals surface area contributed by atoms with Crippen LogP contribution in [0, 0.1) is 9.49 Å². The molecule has 1 amide bonds. The first kappa shape index (κ1) is 13.6. The number of rotatable bonds is 5. The molecule has 18 heavy (non-hydrogen) atoms. The molecule has 5 heteroatoms. The highest BCUT2D eigenvalue weighted by Crippen LogP contribution is 2.27. The van der Waals surface area contributed by atoms with Crippen molar-refractivity contribution in [2.24, 2.45) is 5.92 Å². The fraction of sp³-hybridized carbons (Fsp3) is 0.538. The minimum Gasteiger partial charge on any atom is -0.352 e. The molecule has 0 saturated heterocycles. The molecule has 0 radical (unpaired) electrons. The molecule has 0 unspecified atom stereocenters. The summed E-state index contributed by atoms with van der Waals surface area (Å²) in [7, 11) is 0. The Hall–Kier alpha value is -0.850. The molecule has 0 aromatic carbocycles. The number of H-pyrrole nitrogens is 1. The molecule has 4 nitrogen and oxygen atoms in total. The maximum Gasteiger partial charge on any atom is 0.261 e. The van der Waals surface area contributed by atoms with E-state index >= 15 is 0 Å². The van der Waals surface area contributed by atoms with E-state index in [9.17, 15) is 9.59 Å². The predicted octanol–water partition coefficient (Wildman–Crippen LogP) is 2.07. The lowest BCUT2D eigenvalue weighted by Crippen LogP contribution is -2.31. The van der Waals surface area contributed by atoms with Crippen LogP contribution in [0.3, 0.4) is 0 Å². The summed E-state index contributed by atoms with van der Waals surface area (Å²) < 4.78 is 0.950. The van der Waals surface area contributed by atoms with Crippen LogP contribution in [-0.2, 0) is 6.42 Å². The van der Waals surface area contributed by atoms with Crippen LogP contribution in [0.2, 0.25) is 0 Å². The van der Waals surface area contributed by atoms with Gasteiger partial charge in [0.15, 0.2) is 0 Å². The van der Waals surface area contributed by atoms with Crippen LogP contribution in [0.25, 0.3) is 0 Å². The van der Waals surface area contributed by atoms with E-state index in [-0.39, 0.29) is 17.0 Å². The molecule has 0 spiro atoms. The first-order chi connectivity index (χ1) is 8.61. The van der Waals surface area contributed by atoms with E-state index < -0.39 is 0 Å². The van der Waals surface area contributed by atoms with Gasteiger partial charge in [-0.2, -0.15) is 0 Å². The third kappa shape index (κ3) is 3.34. The van der Waals surface area contributed by atoms with Gasteiger partial charge in [0.05, 0.1) is 0 Å². The van der Waals surface area contributed by atoms with Crippen molar-refractivity contribution in [1.82, 2.24) is 10.3 Å². The largest absolute Gasteiger partial charge is 0.352 e. The Morgan fingerprint density at radius 2 is 2.28 bits per heavy atom. The Morgan fingerprint density at radius 3 is 2.89 bits per heavy atom. The van der Waals surface area contributed by atoms with Crippen LogP contribution in [0.15, 0.2) is 10.9 Å². The van der Waals surface area contributed by atoms with Gasteiger partial charge in [-0.1, -0.05) is 13.3 Å². The summed E-state index contributed by atoms with van der Waals surface area (Å²) in [5.41, 5.74) is 0.855. The van der Waals surface area contributed by atoms with Gasteiger partial charge in [0.2, 0.25) is 0 Å². The highest BCUT2D eigenvalue weighted by atomic mass is 127.